The number of amides is 2. The molecule has 1 aliphatic heterocycles. The number of nitrogens with one attached hydrogen (secondary N) is 1. The van der Waals surface area contributed by atoms with Crippen molar-refractivity contribution in [3.63, 3.8) is 0 Å². The van der Waals surface area contributed by atoms with Crippen molar-refractivity contribution in [2.45, 2.75) is 20.3 Å². The average molecular weight is 353 g/mol. The van der Waals surface area contributed by atoms with Crippen molar-refractivity contribution >= 4 is 28.9 Å². The van der Waals surface area contributed by atoms with Gasteiger partial charge in [-0.3, -0.25) is 19.7 Å². The van der Waals surface area contributed by atoms with Gasteiger partial charge in [0, 0.05) is 36.5 Å². The van der Waals surface area contributed by atoms with E-state index in [0.29, 0.717) is 11.4 Å². The molecule has 0 saturated carbocycles. The predicted molar refractivity (Wildman–Crippen MR) is 98.1 cm³/mol. The Hall–Kier alpha value is -3.22. The van der Waals surface area contributed by atoms with Gasteiger partial charge in [-0.05, 0) is 49.2 Å². The first-order valence-electron chi connectivity index (χ1n) is 8.27. The van der Waals surface area contributed by atoms with Crippen LogP contribution in [0.15, 0.2) is 42.5 Å². The molecule has 0 unspecified atom stereocenters. The van der Waals surface area contributed by atoms with Gasteiger partial charge in [-0.2, -0.15) is 0 Å². The van der Waals surface area contributed by atoms with E-state index in [1.165, 1.54) is 29.2 Å². The number of carbonyl (C=O) groups is 2. The maximum Gasteiger partial charge on any atom is 0.269 e. The quantitative estimate of drug-likeness (QED) is 0.675. The van der Waals surface area contributed by atoms with Crippen LogP contribution < -0.4 is 10.2 Å². The number of benzene rings is 2. The standard InChI is InChI=1S/C19H19N3O4/c1-12-7-13(2)9-15(8-12)20-19(24)14-10-18(23)21(11-14)16-3-5-17(6-4-16)22(25)26/h3-9,14H,10-11H2,1-2H3,(H,20,24)/t14-/m0/s1. The summed E-state index contributed by atoms with van der Waals surface area (Å²) >= 11 is 0. The lowest BCUT2D eigenvalue weighted by molar-refractivity contribution is -0.384. The maximum atomic E-state index is 12.5. The van der Waals surface area contributed by atoms with Gasteiger partial charge in [-0.1, -0.05) is 6.07 Å². The molecule has 7 nitrogen and oxygen atoms in total. The maximum absolute atomic E-state index is 12.5. The number of carbonyl (C=O) groups excluding carboxylic acids is 2. The van der Waals surface area contributed by atoms with Crippen LogP contribution in [-0.4, -0.2) is 23.3 Å². The number of nitro groups is 1. The highest BCUT2D eigenvalue weighted by atomic mass is 16.6. The number of nitro benzene ring substituents is 1. The average Bonchev–Trinajstić information content (AvgIpc) is 2.96. The van der Waals surface area contributed by atoms with Gasteiger partial charge >= 0.3 is 0 Å². The highest BCUT2D eigenvalue weighted by Gasteiger charge is 2.35. The number of hydrogen-bond donors (Lipinski definition) is 1. The van der Waals surface area contributed by atoms with Gasteiger partial charge in [-0.25, -0.2) is 0 Å². The van der Waals surface area contributed by atoms with Crippen molar-refractivity contribution in [3.05, 3.63) is 63.7 Å². The van der Waals surface area contributed by atoms with Gasteiger partial charge < -0.3 is 10.2 Å². The Balaban J connectivity index is 1.70. The highest BCUT2D eigenvalue weighted by Crippen LogP contribution is 2.27. The molecule has 1 aliphatic rings. The van der Waals surface area contributed by atoms with Crippen LogP contribution in [0, 0.1) is 29.9 Å². The molecule has 134 valence electrons. The smallest absolute Gasteiger partial charge is 0.269 e. The number of hydrogen-bond acceptors (Lipinski definition) is 4. The zero-order chi connectivity index (χ0) is 18.8. The van der Waals surface area contributed by atoms with Crippen LogP contribution >= 0.6 is 0 Å². The Morgan fingerprint density at radius 1 is 1.15 bits per heavy atom. The molecule has 1 heterocycles. The van der Waals surface area contributed by atoms with Gasteiger partial charge in [0.05, 0.1) is 10.8 Å². The second-order valence-electron chi connectivity index (χ2n) is 6.54. The Morgan fingerprint density at radius 3 is 2.35 bits per heavy atom. The van der Waals surface area contributed by atoms with Crippen LogP contribution in [0.2, 0.25) is 0 Å². The van der Waals surface area contributed by atoms with E-state index in [1.54, 1.807) is 0 Å². The molecule has 0 bridgehead atoms. The zero-order valence-electron chi connectivity index (χ0n) is 14.6. The Labute approximate surface area is 150 Å². The fourth-order valence-electron chi connectivity index (χ4n) is 3.18. The van der Waals surface area contributed by atoms with Gasteiger partial charge in [0.15, 0.2) is 0 Å². The van der Waals surface area contributed by atoms with Crippen molar-refractivity contribution in [3.8, 4) is 0 Å². The third-order valence-corrected chi connectivity index (χ3v) is 4.36. The first-order valence-corrected chi connectivity index (χ1v) is 8.27. The van der Waals surface area contributed by atoms with Crippen molar-refractivity contribution in [2.24, 2.45) is 5.92 Å². The summed E-state index contributed by atoms with van der Waals surface area (Å²) in [6.45, 7) is 4.17. The van der Waals surface area contributed by atoms with Crippen molar-refractivity contribution in [2.75, 3.05) is 16.8 Å². The minimum atomic E-state index is -0.490. The fourth-order valence-corrected chi connectivity index (χ4v) is 3.18. The number of aryl methyl sites for hydroxylation is 2. The van der Waals surface area contributed by atoms with Gasteiger partial charge in [0.1, 0.15) is 0 Å². The van der Waals surface area contributed by atoms with E-state index in [4.69, 9.17) is 0 Å². The summed E-state index contributed by atoms with van der Waals surface area (Å²) in [7, 11) is 0. The third-order valence-electron chi connectivity index (χ3n) is 4.36. The molecule has 0 radical (unpaired) electrons. The molecule has 2 aromatic rings. The molecular formula is C19H19N3O4. The first-order chi connectivity index (χ1) is 12.3. The van der Waals surface area contributed by atoms with Crippen LogP contribution in [-0.2, 0) is 9.59 Å². The number of non-ortho nitro benzene ring substituents is 1. The van der Waals surface area contributed by atoms with Crippen molar-refractivity contribution < 1.29 is 14.5 Å². The van der Waals surface area contributed by atoms with E-state index in [9.17, 15) is 19.7 Å². The molecule has 7 heteroatoms. The lowest BCUT2D eigenvalue weighted by Crippen LogP contribution is -2.28. The van der Waals surface area contributed by atoms with Gasteiger partial charge in [0.25, 0.3) is 5.69 Å². The zero-order valence-corrected chi connectivity index (χ0v) is 14.6. The number of rotatable bonds is 4. The van der Waals surface area contributed by atoms with Gasteiger partial charge in [-0.15, -0.1) is 0 Å². The highest BCUT2D eigenvalue weighted by molar-refractivity contribution is 6.03. The molecule has 1 saturated heterocycles. The predicted octanol–water partition coefficient (Wildman–Crippen LogP) is 3.20. The summed E-state index contributed by atoms with van der Waals surface area (Å²) in [5.41, 5.74) is 3.34. The summed E-state index contributed by atoms with van der Waals surface area (Å²) in [6.07, 6.45) is 0.119. The molecule has 0 aliphatic carbocycles. The third kappa shape index (κ3) is 3.72. The summed E-state index contributed by atoms with van der Waals surface area (Å²) in [5, 5.41) is 13.6. The summed E-state index contributed by atoms with van der Waals surface area (Å²) < 4.78 is 0. The second kappa shape index (κ2) is 6.95. The lowest BCUT2D eigenvalue weighted by atomic mass is 10.1. The van der Waals surface area contributed by atoms with E-state index in [1.807, 2.05) is 32.0 Å². The molecule has 26 heavy (non-hydrogen) atoms. The normalized spacial score (nSPS) is 16.6. The second-order valence-corrected chi connectivity index (χ2v) is 6.54. The molecule has 1 atom stereocenters. The van der Waals surface area contributed by atoms with Crippen LogP contribution in [0.3, 0.4) is 0 Å². The number of anilines is 2. The Kier molecular flexibility index (Phi) is 4.71. The van der Waals surface area contributed by atoms with Crippen molar-refractivity contribution in [1.82, 2.24) is 0 Å². The van der Waals surface area contributed by atoms with E-state index >= 15 is 0 Å². The van der Waals surface area contributed by atoms with E-state index in [0.717, 1.165) is 11.1 Å². The topological polar surface area (TPSA) is 92.6 Å². The molecule has 3 rings (SSSR count). The number of nitrogens with zero attached hydrogens (tertiary/aromatic N) is 2. The summed E-state index contributed by atoms with van der Waals surface area (Å²) in [5.74, 6) is -0.828. The SMILES string of the molecule is Cc1cc(C)cc(NC(=O)[C@H]2CC(=O)N(c3ccc([N+](=O)[O-])cc3)C2)c1. The van der Waals surface area contributed by atoms with Crippen molar-refractivity contribution in [1.29, 1.82) is 0 Å². The monoisotopic (exact) mass is 353 g/mol. The molecule has 1 fully saturated rings. The van der Waals surface area contributed by atoms with Crippen LogP contribution in [0.25, 0.3) is 0 Å². The minimum absolute atomic E-state index is 0.0375. The minimum Gasteiger partial charge on any atom is -0.326 e. The first kappa shape index (κ1) is 17.6. The fraction of sp³-hybridized carbons (Fsp3) is 0.263. The van der Waals surface area contributed by atoms with Crippen LogP contribution in [0.1, 0.15) is 17.5 Å². The summed E-state index contributed by atoms with van der Waals surface area (Å²) in [4.78, 5) is 36.5. The lowest BCUT2D eigenvalue weighted by Gasteiger charge is -2.16. The molecule has 0 aromatic heterocycles. The molecular weight excluding hydrogens is 334 g/mol. The largest absolute Gasteiger partial charge is 0.326 e. The van der Waals surface area contributed by atoms with E-state index < -0.39 is 10.8 Å². The van der Waals surface area contributed by atoms with E-state index in [-0.39, 0.29) is 30.5 Å². The molecule has 2 amide bonds. The molecule has 1 N–H and O–H groups in total. The molecule has 2 aromatic carbocycles. The summed E-state index contributed by atoms with van der Waals surface area (Å²) in [6, 6.07) is 11.5. The van der Waals surface area contributed by atoms with Crippen LogP contribution in [0.4, 0.5) is 17.1 Å². The van der Waals surface area contributed by atoms with E-state index in [2.05, 4.69) is 5.32 Å². The Morgan fingerprint density at radius 2 is 1.77 bits per heavy atom. The van der Waals surface area contributed by atoms with Gasteiger partial charge in [0.2, 0.25) is 11.8 Å². The Bertz CT molecular complexity index is 857. The molecule has 0 spiro atoms. The van der Waals surface area contributed by atoms with Crippen LogP contribution in [0.5, 0.6) is 0 Å².